The fourth-order valence-corrected chi connectivity index (χ4v) is 3.44. The van der Waals surface area contributed by atoms with Gasteiger partial charge in [-0.25, -0.2) is 0 Å². The van der Waals surface area contributed by atoms with Gasteiger partial charge in [-0.2, -0.15) is 0 Å². The molecule has 1 aromatic heterocycles. The maximum Gasteiger partial charge on any atom is 0.221 e. The minimum absolute atomic E-state index is 0.00511. The van der Waals surface area contributed by atoms with Gasteiger partial charge in [-0.05, 0) is 37.3 Å². The highest BCUT2D eigenvalue weighted by Gasteiger charge is 2.14. The van der Waals surface area contributed by atoms with E-state index in [0.29, 0.717) is 16.4 Å². The fourth-order valence-electron chi connectivity index (χ4n) is 2.63. The van der Waals surface area contributed by atoms with Crippen LogP contribution in [0.1, 0.15) is 22.8 Å². The number of anilines is 1. The van der Waals surface area contributed by atoms with E-state index in [1.54, 1.807) is 24.3 Å². The molecule has 0 aliphatic carbocycles. The zero-order valence-electron chi connectivity index (χ0n) is 15.4. The van der Waals surface area contributed by atoms with E-state index < -0.39 is 0 Å². The van der Waals surface area contributed by atoms with E-state index in [0.717, 1.165) is 17.0 Å². The molecule has 1 amide bonds. The molecule has 2 aromatic carbocycles. The van der Waals surface area contributed by atoms with Gasteiger partial charge in [-0.1, -0.05) is 35.5 Å². The number of hydrogen-bond donors (Lipinski definition) is 1. The van der Waals surface area contributed by atoms with Crippen molar-refractivity contribution in [3.8, 4) is 11.4 Å². The number of Topliss-reactive ketones (excluding diaryl/α,β-unsaturated/α-hetero) is 1. The Morgan fingerprint density at radius 1 is 1.11 bits per heavy atom. The molecular formula is C20H20N4O2S. The van der Waals surface area contributed by atoms with Crippen LogP contribution in [0.3, 0.4) is 0 Å². The number of aromatic nitrogens is 3. The smallest absolute Gasteiger partial charge is 0.221 e. The molecule has 0 aliphatic rings. The largest absolute Gasteiger partial charge is 0.326 e. The summed E-state index contributed by atoms with van der Waals surface area (Å²) in [6.45, 7) is 3.48. The van der Waals surface area contributed by atoms with Gasteiger partial charge in [-0.3, -0.25) is 9.59 Å². The number of nitrogens with one attached hydrogen (secondary N) is 1. The van der Waals surface area contributed by atoms with Gasteiger partial charge in [0.15, 0.2) is 16.8 Å². The summed E-state index contributed by atoms with van der Waals surface area (Å²) in [6, 6.07) is 14.9. The van der Waals surface area contributed by atoms with Gasteiger partial charge in [0.25, 0.3) is 0 Å². The maximum absolute atomic E-state index is 12.4. The third-order valence-electron chi connectivity index (χ3n) is 3.97. The van der Waals surface area contributed by atoms with Crippen LogP contribution in [0.2, 0.25) is 0 Å². The van der Waals surface area contributed by atoms with E-state index in [-0.39, 0.29) is 17.4 Å². The van der Waals surface area contributed by atoms with Crippen molar-refractivity contribution < 1.29 is 9.59 Å². The summed E-state index contributed by atoms with van der Waals surface area (Å²) in [6.07, 6.45) is 0. The van der Waals surface area contributed by atoms with Crippen LogP contribution in [-0.2, 0) is 11.8 Å². The molecule has 0 bridgehead atoms. The summed E-state index contributed by atoms with van der Waals surface area (Å²) >= 11 is 1.35. The number of amides is 1. The number of rotatable bonds is 6. The quantitative estimate of drug-likeness (QED) is 0.521. The lowest BCUT2D eigenvalue weighted by atomic mass is 10.1. The molecule has 27 heavy (non-hydrogen) atoms. The highest BCUT2D eigenvalue weighted by molar-refractivity contribution is 7.99. The minimum atomic E-state index is -0.142. The molecule has 1 heterocycles. The standard InChI is InChI=1S/C20H20N4O2S/c1-13-5-4-6-16(11-13)19-22-23-20(24(19)3)27-12-18(26)15-7-9-17(10-8-15)21-14(2)25/h4-11H,12H2,1-3H3,(H,21,25). The molecule has 0 fully saturated rings. The SMILES string of the molecule is CC(=O)Nc1ccc(C(=O)CSc2nnc(-c3cccc(C)c3)n2C)cc1. The lowest BCUT2D eigenvalue weighted by molar-refractivity contribution is -0.114. The first kappa shape index (κ1) is 18.8. The van der Waals surface area contributed by atoms with Gasteiger partial charge < -0.3 is 9.88 Å². The van der Waals surface area contributed by atoms with Crippen LogP contribution in [0.15, 0.2) is 53.7 Å². The Kier molecular flexibility index (Phi) is 5.71. The van der Waals surface area contributed by atoms with Crippen molar-refractivity contribution in [2.45, 2.75) is 19.0 Å². The van der Waals surface area contributed by atoms with Crippen molar-refractivity contribution in [2.24, 2.45) is 7.05 Å². The van der Waals surface area contributed by atoms with E-state index in [1.165, 1.54) is 18.7 Å². The first-order valence-corrected chi connectivity index (χ1v) is 9.42. The van der Waals surface area contributed by atoms with Gasteiger partial charge in [0, 0.05) is 30.8 Å². The molecule has 3 rings (SSSR count). The highest BCUT2D eigenvalue weighted by Crippen LogP contribution is 2.24. The lowest BCUT2D eigenvalue weighted by Crippen LogP contribution is -2.07. The predicted molar refractivity (Wildman–Crippen MR) is 107 cm³/mol. The molecule has 0 unspecified atom stereocenters. The second-order valence-electron chi connectivity index (χ2n) is 6.21. The van der Waals surface area contributed by atoms with Crippen molar-refractivity contribution in [2.75, 3.05) is 11.1 Å². The van der Waals surface area contributed by atoms with Gasteiger partial charge >= 0.3 is 0 Å². The van der Waals surface area contributed by atoms with Gasteiger partial charge in [-0.15, -0.1) is 10.2 Å². The van der Waals surface area contributed by atoms with Gasteiger partial charge in [0.2, 0.25) is 5.91 Å². The van der Waals surface area contributed by atoms with Crippen molar-refractivity contribution in [1.82, 2.24) is 14.8 Å². The first-order valence-electron chi connectivity index (χ1n) is 8.44. The summed E-state index contributed by atoms with van der Waals surface area (Å²) in [4.78, 5) is 23.5. The Balaban J connectivity index is 1.66. The Labute approximate surface area is 162 Å². The third kappa shape index (κ3) is 4.62. The van der Waals surface area contributed by atoms with E-state index >= 15 is 0 Å². The number of carbonyl (C=O) groups is 2. The van der Waals surface area contributed by atoms with Crippen LogP contribution >= 0.6 is 11.8 Å². The zero-order valence-corrected chi connectivity index (χ0v) is 16.2. The van der Waals surface area contributed by atoms with Crippen LogP contribution in [0.4, 0.5) is 5.69 Å². The van der Waals surface area contributed by atoms with Crippen LogP contribution in [0.5, 0.6) is 0 Å². The zero-order chi connectivity index (χ0) is 19.4. The molecule has 0 radical (unpaired) electrons. The predicted octanol–water partition coefficient (Wildman–Crippen LogP) is 3.72. The summed E-state index contributed by atoms with van der Waals surface area (Å²) in [7, 11) is 1.90. The molecular weight excluding hydrogens is 360 g/mol. The monoisotopic (exact) mass is 380 g/mol. The van der Waals surface area contributed by atoms with Gasteiger partial charge in [0.1, 0.15) is 0 Å². The molecule has 6 nitrogen and oxygen atoms in total. The van der Waals surface area contributed by atoms with Crippen molar-refractivity contribution in [3.05, 3.63) is 59.7 Å². The van der Waals surface area contributed by atoms with Crippen molar-refractivity contribution in [3.63, 3.8) is 0 Å². The number of ketones is 1. The molecule has 7 heteroatoms. The molecule has 0 saturated heterocycles. The Morgan fingerprint density at radius 2 is 1.85 bits per heavy atom. The number of benzene rings is 2. The number of aryl methyl sites for hydroxylation is 1. The van der Waals surface area contributed by atoms with Crippen LogP contribution < -0.4 is 5.32 Å². The van der Waals surface area contributed by atoms with E-state index in [4.69, 9.17) is 0 Å². The summed E-state index contributed by atoms with van der Waals surface area (Å²) in [5.74, 6) is 0.887. The Hall–Kier alpha value is -2.93. The minimum Gasteiger partial charge on any atom is -0.326 e. The Bertz CT molecular complexity index is 980. The molecule has 138 valence electrons. The summed E-state index contributed by atoms with van der Waals surface area (Å²) in [5.41, 5.74) is 3.42. The average molecular weight is 380 g/mol. The van der Waals surface area contributed by atoms with Crippen LogP contribution in [-0.4, -0.2) is 32.2 Å². The van der Waals surface area contributed by atoms with Crippen molar-refractivity contribution >= 4 is 29.1 Å². The maximum atomic E-state index is 12.4. The van der Waals surface area contributed by atoms with E-state index in [2.05, 4.69) is 21.6 Å². The second-order valence-corrected chi connectivity index (χ2v) is 7.15. The lowest BCUT2D eigenvalue weighted by Gasteiger charge is -2.05. The number of carbonyl (C=O) groups excluding carboxylic acids is 2. The average Bonchev–Trinajstić information content (AvgIpc) is 3.00. The number of hydrogen-bond acceptors (Lipinski definition) is 5. The third-order valence-corrected chi connectivity index (χ3v) is 4.99. The topological polar surface area (TPSA) is 76.9 Å². The second kappa shape index (κ2) is 8.18. The molecule has 3 aromatic rings. The van der Waals surface area contributed by atoms with E-state index in [1.807, 2.05) is 36.7 Å². The fraction of sp³-hybridized carbons (Fsp3) is 0.200. The summed E-state index contributed by atoms with van der Waals surface area (Å²) < 4.78 is 1.90. The van der Waals surface area contributed by atoms with Gasteiger partial charge in [0.05, 0.1) is 5.75 Å². The van der Waals surface area contributed by atoms with Crippen LogP contribution in [0, 0.1) is 6.92 Å². The molecule has 0 atom stereocenters. The molecule has 1 N–H and O–H groups in total. The number of thioether (sulfide) groups is 1. The Morgan fingerprint density at radius 3 is 2.52 bits per heavy atom. The van der Waals surface area contributed by atoms with Crippen molar-refractivity contribution in [1.29, 1.82) is 0 Å². The van der Waals surface area contributed by atoms with E-state index in [9.17, 15) is 9.59 Å². The molecule has 0 aliphatic heterocycles. The van der Waals surface area contributed by atoms with Crippen LogP contribution in [0.25, 0.3) is 11.4 Å². The molecule has 0 saturated carbocycles. The molecule has 0 spiro atoms. The number of nitrogens with zero attached hydrogens (tertiary/aromatic N) is 3. The normalized spacial score (nSPS) is 10.6. The highest BCUT2D eigenvalue weighted by atomic mass is 32.2. The first-order chi connectivity index (χ1) is 12.9. The summed E-state index contributed by atoms with van der Waals surface area (Å²) in [5, 5.41) is 11.8.